The molecule has 5 heteroatoms. The molecule has 5 nitrogen and oxygen atoms in total. The molecule has 1 aliphatic rings. The molecule has 110 valence electrons. The molecule has 3 N–H and O–H groups in total. The van der Waals surface area contributed by atoms with E-state index in [2.05, 4.69) is 10.3 Å². The number of carboxylic acid groups (broad SMARTS) is 1. The van der Waals surface area contributed by atoms with Gasteiger partial charge < -0.3 is 15.5 Å². The van der Waals surface area contributed by atoms with Gasteiger partial charge in [-0.3, -0.25) is 0 Å². The summed E-state index contributed by atoms with van der Waals surface area (Å²) in [6.07, 6.45) is 5.23. The van der Waals surface area contributed by atoms with Gasteiger partial charge in [0.1, 0.15) is 5.82 Å². The highest BCUT2D eigenvalue weighted by molar-refractivity contribution is 5.88. The van der Waals surface area contributed by atoms with Crippen molar-refractivity contribution in [3.63, 3.8) is 0 Å². The van der Waals surface area contributed by atoms with Gasteiger partial charge in [0.15, 0.2) is 0 Å². The Kier molecular flexibility index (Phi) is 4.95. The quantitative estimate of drug-likeness (QED) is 0.737. The molecule has 2 atom stereocenters. The van der Waals surface area contributed by atoms with Gasteiger partial charge in [0, 0.05) is 5.69 Å². The van der Waals surface area contributed by atoms with Gasteiger partial charge in [-0.1, -0.05) is 26.2 Å². The first-order chi connectivity index (χ1) is 9.60. The van der Waals surface area contributed by atoms with E-state index in [4.69, 9.17) is 5.11 Å². The summed E-state index contributed by atoms with van der Waals surface area (Å²) in [6.45, 7) is 1.94. The second-order valence-corrected chi connectivity index (χ2v) is 5.35. The number of pyridine rings is 1. The van der Waals surface area contributed by atoms with E-state index in [-0.39, 0.29) is 11.6 Å². The molecule has 0 aromatic carbocycles. The highest BCUT2D eigenvalue weighted by atomic mass is 16.4. The van der Waals surface area contributed by atoms with Crippen LogP contribution in [0.4, 0.5) is 5.82 Å². The van der Waals surface area contributed by atoms with Gasteiger partial charge in [0.25, 0.3) is 0 Å². The summed E-state index contributed by atoms with van der Waals surface area (Å²) in [6, 6.07) is 3.09. The first-order valence-corrected chi connectivity index (χ1v) is 7.29. The van der Waals surface area contributed by atoms with E-state index in [0.29, 0.717) is 12.2 Å². The molecule has 0 saturated heterocycles. The zero-order valence-electron chi connectivity index (χ0n) is 11.8. The molecule has 2 unspecified atom stereocenters. The fourth-order valence-electron chi connectivity index (χ4n) is 2.61. The molecule has 0 aliphatic heterocycles. The fraction of sp³-hybridized carbons (Fsp3) is 0.600. The molecule has 1 fully saturated rings. The number of aromatic carboxylic acids is 1. The Morgan fingerprint density at radius 2 is 2.10 bits per heavy atom. The maximum absolute atomic E-state index is 11.1. The Labute approximate surface area is 119 Å². The molecule has 1 aromatic rings. The highest BCUT2D eigenvalue weighted by Gasteiger charge is 2.22. The number of nitrogens with one attached hydrogen (secondary N) is 1. The number of anilines is 1. The minimum atomic E-state index is -0.952. The van der Waals surface area contributed by atoms with Crippen molar-refractivity contribution in [2.24, 2.45) is 0 Å². The first kappa shape index (κ1) is 14.8. The minimum Gasteiger partial charge on any atom is -0.478 e. The van der Waals surface area contributed by atoms with E-state index in [0.717, 1.165) is 37.8 Å². The van der Waals surface area contributed by atoms with E-state index in [1.54, 1.807) is 12.1 Å². The Hall–Kier alpha value is -1.62. The van der Waals surface area contributed by atoms with Crippen LogP contribution in [0.5, 0.6) is 0 Å². The average molecular weight is 278 g/mol. The van der Waals surface area contributed by atoms with Gasteiger partial charge in [-0.25, -0.2) is 9.78 Å². The molecule has 20 heavy (non-hydrogen) atoms. The SMILES string of the molecule is CCc1cc(C(=O)O)cc(NC2CCCCCC2O)n1. The summed E-state index contributed by atoms with van der Waals surface area (Å²) >= 11 is 0. The standard InChI is InChI=1S/C15H22N2O3/c1-2-11-8-10(15(19)20)9-14(16-11)17-12-6-4-3-5-7-13(12)18/h8-9,12-13,18H,2-7H2,1H3,(H,16,17)(H,19,20). The van der Waals surface area contributed by atoms with Gasteiger partial charge in [0.05, 0.1) is 17.7 Å². The molecule has 1 aromatic heterocycles. The lowest BCUT2D eigenvalue weighted by atomic mass is 10.1. The lowest BCUT2D eigenvalue weighted by molar-refractivity contribution is 0.0696. The summed E-state index contributed by atoms with van der Waals surface area (Å²) in [4.78, 5) is 15.5. The molecule has 1 saturated carbocycles. The summed E-state index contributed by atoms with van der Waals surface area (Å²) in [5.41, 5.74) is 0.984. The lowest BCUT2D eigenvalue weighted by Gasteiger charge is -2.22. The van der Waals surface area contributed by atoms with Crippen LogP contribution in [-0.2, 0) is 6.42 Å². The maximum Gasteiger partial charge on any atom is 0.335 e. The summed E-state index contributed by atoms with van der Waals surface area (Å²) in [7, 11) is 0. The van der Waals surface area contributed by atoms with Gasteiger partial charge >= 0.3 is 5.97 Å². The summed E-state index contributed by atoms with van der Waals surface area (Å²) in [5, 5.41) is 22.5. The third-order valence-corrected chi connectivity index (χ3v) is 3.80. The van der Waals surface area contributed by atoms with E-state index in [1.807, 2.05) is 6.92 Å². The molecular weight excluding hydrogens is 256 g/mol. The predicted molar refractivity (Wildman–Crippen MR) is 77.1 cm³/mol. The maximum atomic E-state index is 11.1. The monoisotopic (exact) mass is 278 g/mol. The smallest absolute Gasteiger partial charge is 0.335 e. The normalized spacial score (nSPS) is 23.1. The Balaban J connectivity index is 2.18. The van der Waals surface area contributed by atoms with E-state index in [1.165, 1.54) is 0 Å². The zero-order chi connectivity index (χ0) is 14.5. The largest absolute Gasteiger partial charge is 0.478 e. The first-order valence-electron chi connectivity index (χ1n) is 7.29. The van der Waals surface area contributed by atoms with Crippen LogP contribution in [-0.4, -0.2) is 33.3 Å². The van der Waals surface area contributed by atoms with Crippen molar-refractivity contribution in [1.29, 1.82) is 0 Å². The molecule has 0 bridgehead atoms. The van der Waals surface area contributed by atoms with Crippen LogP contribution in [0.25, 0.3) is 0 Å². The van der Waals surface area contributed by atoms with Crippen LogP contribution in [0.3, 0.4) is 0 Å². The topological polar surface area (TPSA) is 82.5 Å². The number of carboxylic acids is 1. The van der Waals surface area contributed by atoms with Crippen LogP contribution >= 0.6 is 0 Å². The zero-order valence-corrected chi connectivity index (χ0v) is 11.8. The van der Waals surface area contributed by atoms with Crippen LogP contribution in [0.15, 0.2) is 12.1 Å². The van der Waals surface area contributed by atoms with Crippen molar-refractivity contribution in [2.45, 2.75) is 57.6 Å². The summed E-state index contributed by atoms with van der Waals surface area (Å²) in [5.74, 6) is -0.403. The number of hydrogen-bond donors (Lipinski definition) is 3. The number of aliphatic hydroxyl groups excluding tert-OH is 1. The molecule has 1 aliphatic carbocycles. The number of hydrogen-bond acceptors (Lipinski definition) is 4. The number of rotatable bonds is 4. The molecule has 1 heterocycles. The fourth-order valence-corrected chi connectivity index (χ4v) is 2.61. The van der Waals surface area contributed by atoms with E-state index in [9.17, 15) is 9.90 Å². The molecule has 2 rings (SSSR count). The van der Waals surface area contributed by atoms with Crippen molar-refractivity contribution >= 4 is 11.8 Å². The van der Waals surface area contributed by atoms with Gasteiger partial charge in [-0.2, -0.15) is 0 Å². The number of aliphatic hydroxyl groups is 1. The average Bonchev–Trinajstić information content (AvgIpc) is 2.64. The third kappa shape index (κ3) is 3.70. The van der Waals surface area contributed by atoms with E-state index < -0.39 is 12.1 Å². The molecule has 0 spiro atoms. The lowest BCUT2D eigenvalue weighted by Crippen LogP contribution is -2.33. The van der Waals surface area contributed by atoms with Gasteiger partial charge in [0.2, 0.25) is 0 Å². The number of aryl methyl sites for hydroxylation is 1. The second kappa shape index (κ2) is 6.70. The van der Waals surface area contributed by atoms with Crippen LogP contribution in [0.1, 0.15) is 55.1 Å². The molecule has 0 radical (unpaired) electrons. The third-order valence-electron chi connectivity index (χ3n) is 3.80. The van der Waals surface area contributed by atoms with Crippen LogP contribution in [0, 0.1) is 0 Å². The van der Waals surface area contributed by atoms with E-state index >= 15 is 0 Å². The van der Waals surface area contributed by atoms with Crippen LogP contribution in [0.2, 0.25) is 0 Å². The molecular formula is C15H22N2O3. The van der Waals surface area contributed by atoms with Gasteiger partial charge in [-0.15, -0.1) is 0 Å². The van der Waals surface area contributed by atoms with Crippen molar-refractivity contribution in [1.82, 2.24) is 4.98 Å². The van der Waals surface area contributed by atoms with Gasteiger partial charge in [-0.05, 0) is 31.4 Å². The Morgan fingerprint density at radius 1 is 1.35 bits per heavy atom. The van der Waals surface area contributed by atoms with Crippen LogP contribution < -0.4 is 5.32 Å². The van der Waals surface area contributed by atoms with Crippen molar-refractivity contribution in [2.75, 3.05) is 5.32 Å². The number of aromatic nitrogens is 1. The summed E-state index contributed by atoms with van der Waals surface area (Å²) < 4.78 is 0. The van der Waals surface area contributed by atoms with Crippen molar-refractivity contribution in [3.05, 3.63) is 23.4 Å². The Morgan fingerprint density at radius 3 is 2.80 bits per heavy atom. The minimum absolute atomic E-state index is 0.0428. The second-order valence-electron chi connectivity index (χ2n) is 5.35. The highest BCUT2D eigenvalue weighted by Crippen LogP contribution is 2.22. The van der Waals surface area contributed by atoms with Crippen molar-refractivity contribution in [3.8, 4) is 0 Å². The Bertz CT molecular complexity index is 476. The number of carbonyl (C=O) groups is 1. The molecule has 0 amide bonds. The predicted octanol–water partition coefficient (Wildman–Crippen LogP) is 2.45. The number of nitrogens with zero attached hydrogens (tertiary/aromatic N) is 1. The van der Waals surface area contributed by atoms with Crippen molar-refractivity contribution < 1.29 is 15.0 Å².